The summed E-state index contributed by atoms with van der Waals surface area (Å²) in [6, 6.07) is 10.3. The second-order valence-corrected chi connectivity index (χ2v) is 6.30. The first-order valence-electron chi connectivity index (χ1n) is 7.76. The number of carbonyl (C=O) groups excluding carboxylic acids is 1. The minimum atomic E-state index is 0.00933. The van der Waals surface area contributed by atoms with E-state index in [-0.39, 0.29) is 5.91 Å². The number of piperazine rings is 1. The summed E-state index contributed by atoms with van der Waals surface area (Å²) >= 11 is 1.19. The Balaban J connectivity index is 1.47. The molecule has 2 aromatic rings. The molecule has 0 atom stereocenters. The molecule has 0 spiro atoms. The molecule has 120 valence electrons. The first-order chi connectivity index (χ1) is 11.2. The van der Waals surface area contributed by atoms with Crippen molar-refractivity contribution >= 4 is 23.5 Å². The van der Waals surface area contributed by atoms with Gasteiger partial charge in [-0.1, -0.05) is 42.5 Å². The minimum absolute atomic E-state index is 0.00933. The van der Waals surface area contributed by atoms with Crippen molar-refractivity contribution in [1.82, 2.24) is 19.2 Å². The number of nitrogens with zero attached hydrogens (tertiary/aromatic N) is 4. The lowest BCUT2D eigenvalue weighted by atomic mass is 10.2. The monoisotopic (exact) mass is 328 g/mol. The zero-order valence-electron chi connectivity index (χ0n) is 13.2. The van der Waals surface area contributed by atoms with Crippen LogP contribution in [0.15, 0.2) is 36.4 Å². The third-order valence-corrected chi connectivity index (χ3v) is 4.64. The van der Waals surface area contributed by atoms with Gasteiger partial charge < -0.3 is 4.90 Å². The van der Waals surface area contributed by atoms with Crippen LogP contribution in [0.1, 0.15) is 21.2 Å². The van der Waals surface area contributed by atoms with E-state index in [9.17, 15) is 4.79 Å². The molecule has 5 nitrogen and oxygen atoms in total. The number of aryl methyl sites for hydroxylation is 1. The summed E-state index contributed by atoms with van der Waals surface area (Å²) in [6.45, 7) is 6.00. The molecule has 1 aliphatic heterocycles. The number of carbonyl (C=O) groups is 1. The Bertz CT molecular complexity index is 675. The number of benzene rings is 1. The highest BCUT2D eigenvalue weighted by Gasteiger charge is 2.23. The molecule has 0 bridgehead atoms. The lowest BCUT2D eigenvalue weighted by molar-refractivity contribution is 0.0650. The van der Waals surface area contributed by atoms with E-state index in [0.29, 0.717) is 10.8 Å². The third-order valence-electron chi connectivity index (χ3n) is 3.84. The van der Waals surface area contributed by atoms with Crippen molar-refractivity contribution in [1.29, 1.82) is 0 Å². The summed E-state index contributed by atoms with van der Waals surface area (Å²) in [5.41, 5.74) is 1.22. The second-order valence-electron chi connectivity index (χ2n) is 5.55. The maximum Gasteiger partial charge on any atom is 0.284 e. The maximum atomic E-state index is 12.3. The summed E-state index contributed by atoms with van der Waals surface area (Å²) < 4.78 is 4.08. The lowest BCUT2D eigenvalue weighted by Gasteiger charge is -2.33. The van der Waals surface area contributed by atoms with E-state index in [1.807, 2.05) is 30.0 Å². The number of hydrogen-bond donors (Lipinski definition) is 0. The van der Waals surface area contributed by atoms with Gasteiger partial charge in [0.25, 0.3) is 5.91 Å². The molecule has 1 aromatic carbocycles. The molecule has 1 amide bonds. The SMILES string of the molecule is Cc1nsc(C(=O)N2CCN(C/C=C/c3ccccc3)CC2)n1. The molecule has 23 heavy (non-hydrogen) atoms. The number of hydrogen-bond acceptors (Lipinski definition) is 5. The predicted octanol–water partition coefficient (Wildman–Crippen LogP) is 2.32. The fourth-order valence-corrected chi connectivity index (χ4v) is 3.19. The van der Waals surface area contributed by atoms with Crippen molar-refractivity contribution in [3.05, 3.63) is 52.8 Å². The Morgan fingerprint density at radius 3 is 2.61 bits per heavy atom. The van der Waals surface area contributed by atoms with E-state index in [1.165, 1.54) is 17.1 Å². The first-order valence-corrected chi connectivity index (χ1v) is 8.53. The predicted molar refractivity (Wildman–Crippen MR) is 92.5 cm³/mol. The Labute approximate surface area is 140 Å². The van der Waals surface area contributed by atoms with Gasteiger partial charge in [0.2, 0.25) is 5.01 Å². The normalized spacial score (nSPS) is 16.1. The molecule has 1 saturated heterocycles. The van der Waals surface area contributed by atoms with Crippen molar-refractivity contribution in [2.24, 2.45) is 0 Å². The van der Waals surface area contributed by atoms with Crippen LogP contribution in [0.3, 0.4) is 0 Å². The van der Waals surface area contributed by atoms with Crippen LogP contribution in [0, 0.1) is 6.92 Å². The highest BCUT2D eigenvalue weighted by Crippen LogP contribution is 2.11. The van der Waals surface area contributed by atoms with E-state index < -0.39 is 0 Å². The van der Waals surface area contributed by atoms with Gasteiger partial charge in [0.15, 0.2) is 0 Å². The molecule has 6 heteroatoms. The van der Waals surface area contributed by atoms with Gasteiger partial charge in [-0.25, -0.2) is 4.98 Å². The minimum Gasteiger partial charge on any atom is -0.334 e. The van der Waals surface area contributed by atoms with Crippen LogP contribution >= 0.6 is 11.5 Å². The number of rotatable bonds is 4. The average molecular weight is 328 g/mol. The number of amides is 1. The Morgan fingerprint density at radius 2 is 1.96 bits per heavy atom. The Morgan fingerprint density at radius 1 is 1.22 bits per heavy atom. The standard InChI is InChI=1S/C17H20N4OS/c1-14-18-16(23-19-14)17(22)21-12-10-20(11-13-21)9-5-8-15-6-3-2-4-7-15/h2-8H,9-13H2,1H3/b8-5+. The summed E-state index contributed by atoms with van der Waals surface area (Å²) in [4.78, 5) is 20.7. The largest absolute Gasteiger partial charge is 0.334 e. The van der Waals surface area contributed by atoms with Gasteiger partial charge in [-0.15, -0.1) is 0 Å². The maximum absolute atomic E-state index is 12.3. The molecule has 0 radical (unpaired) electrons. The van der Waals surface area contributed by atoms with Crippen molar-refractivity contribution in [2.75, 3.05) is 32.7 Å². The molecule has 0 saturated carbocycles. The Kier molecular flexibility index (Phi) is 5.15. The Hall–Kier alpha value is -2.05. The molecule has 3 rings (SSSR count). The van der Waals surface area contributed by atoms with Crippen LogP contribution in [0.2, 0.25) is 0 Å². The summed E-state index contributed by atoms with van der Waals surface area (Å²) in [5.74, 6) is 0.679. The van der Waals surface area contributed by atoms with E-state index >= 15 is 0 Å². The summed E-state index contributed by atoms with van der Waals surface area (Å²) in [5, 5.41) is 0.500. The van der Waals surface area contributed by atoms with E-state index in [2.05, 4.69) is 38.5 Å². The van der Waals surface area contributed by atoms with Gasteiger partial charge in [-0.2, -0.15) is 4.37 Å². The molecule has 0 N–H and O–H groups in total. The van der Waals surface area contributed by atoms with Crippen LogP contribution in [0.4, 0.5) is 0 Å². The topological polar surface area (TPSA) is 49.3 Å². The smallest absolute Gasteiger partial charge is 0.284 e. The second kappa shape index (κ2) is 7.48. The zero-order valence-corrected chi connectivity index (χ0v) is 14.0. The quantitative estimate of drug-likeness (QED) is 0.864. The molecule has 1 aliphatic rings. The fourth-order valence-electron chi connectivity index (χ4n) is 2.55. The van der Waals surface area contributed by atoms with Crippen molar-refractivity contribution in [2.45, 2.75) is 6.92 Å². The molecule has 1 fully saturated rings. The third kappa shape index (κ3) is 4.24. The van der Waals surface area contributed by atoms with Gasteiger partial charge in [0.05, 0.1) is 0 Å². The van der Waals surface area contributed by atoms with Crippen LogP contribution in [0.5, 0.6) is 0 Å². The van der Waals surface area contributed by atoms with Crippen LogP contribution in [0.25, 0.3) is 6.08 Å². The van der Waals surface area contributed by atoms with Crippen molar-refractivity contribution in [3.8, 4) is 0 Å². The van der Waals surface area contributed by atoms with E-state index in [0.717, 1.165) is 32.7 Å². The van der Waals surface area contributed by atoms with Crippen molar-refractivity contribution in [3.63, 3.8) is 0 Å². The van der Waals surface area contributed by atoms with E-state index in [4.69, 9.17) is 0 Å². The molecule has 2 heterocycles. The molecule has 0 unspecified atom stereocenters. The van der Waals surface area contributed by atoms with Crippen molar-refractivity contribution < 1.29 is 4.79 Å². The summed E-state index contributed by atoms with van der Waals surface area (Å²) in [6.07, 6.45) is 4.32. The van der Waals surface area contributed by atoms with Gasteiger partial charge in [-0.3, -0.25) is 9.69 Å². The molecular weight excluding hydrogens is 308 g/mol. The zero-order chi connectivity index (χ0) is 16.1. The number of aromatic nitrogens is 2. The highest BCUT2D eigenvalue weighted by molar-refractivity contribution is 7.07. The average Bonchev–Trinajstić information content (AvgIpc) is 3.02. The molecule has 0 aliphatic carbocycles. The fraction of sp³-hybridized carbons (Fsp3) is 0.353. The highest BCUT2D eigenvalue weighted by atomic mass is 32.1. The van der Waals surface area contributed by atoms with E-state index in [1.54, 1.807) is 0 Å². The van der Waals surface area contributed by atoms with Gasteiger partial charge in [0, 0.05) is 32.7 Å². The van der Waals surface area contributed by atoms with Gasteiger partial charge in [-0.05, 0) is 24.0 Å². The first kappa shape index (κ1) is 15.8. The lowest BCUT2D eigenvalue weighted by Crippen LogP contribution is -2.48. The van der Waals surface area contributed by atoms with Crippen LogP contribution < -0.4 is 0 Å². The van der Waals surface area contributed by atoms with Gasteiger partial charge >= 0.3 is 0 Å². The van der Waals surface area contributed by atoms with Crippen LogP contribution in [-0.4, -0.2) is 57.8 Å². The molecular formula is C17H20N4OS. The van der Waals surface area contributed by atoms with Crippen LogP contribution in [-0.2, 0) is 0 Å². The molecule has 1 aromatic heterocycles. The summed E-state index contributed by atoms with van der Waals surface area (Å²) in [7, 11) is 0. The van der Waals surface area contributed by atoms with Gasteiger partial charge in [0.1, 0.15) is 5.82 Å².